The molecule has 0 bridgehead atoms. The van der Waals surface area contributed by atoms with E-state index in [1.807, 2.05) is 20.8 Å². The van der Waals surface area contributed by atoms with Crippen molar-refractivity contribution in [2.24, 2.45) is 0 Å². The quantitative estimate of drug-likeness (QED) is 0.923. The van der Waals surface area contributed by atoms with Crippen LogP contribution in [0.5, 0.6) is 0 Å². The van der Waals surface area contributed by atoms with Gasteiger partial charge in [-0.3, -0.25) is 0 Å². The van der Waals surface area contributed by atoms with Gasteiger partial charge in [-0.05, 0) is 32.9 Å². The Morgan fingerprint density at radius 2 is 2.11 bits per heavy atom. The summed E-state index contributed by atoms with van der Waals surface area (Å²) in [5.74, 6) is -1.46. The largest absolute Gasteiger partial charge is 0.477 e. The summed E-state index contributed by atoms with van der Waals surface area (Å²) in [5, 5.41) is 9.58. The fourth-order valence-electron chi connectivity index (χ4n) is 1.77. The van der Waals surface area contributed by atoms with E-state index in [2.05, 4.69) is 0 Å². The van der Waals surface area contributed by atoms with Gasteiger partial charge in [0.1, 0.15) is 10.7 Å². The first-order chi connectivity index (χ1) is 8.79. The average Bonchev–Trinajstić information content (AvgIpc) is 2.65. The SMILES string of the molecule is CC(C)(C)OCc1c(C(=O)O)sc2cccc(F)c12. The summed E-state index contributed by atoms with van der Waals surface area (Å²) in [6.45, 7) is 5.71. The van der Waals surface area contributed by atoms with E-state index < -0.39 is 17.4 Å². The lowest BCUT2D eigenvalue weighted by atomic mass is 10.1. The van der Waals surface area contributed by atoms with Crippen molar-refractivity contribution in [3.63, 3.8) is 0 Å². The second-order valence-corrected chi connectivity index (χ2v) is 6.28. The predicted molar refractivity (Wildman–Crippen MR) is 73.3 cm³/mol. The maximum Gasteiger partial charge on any atom is 0.346 e. The minimum absolute atomic E-state index is 0.0894. The van der Waals surface area contributed by atoms with Crippen molar-refractivity contribution in [1.29, 1.82) is 0 Å². The first kappa shape index (κ1) is 14.0. The lowest BCUT2D eigenvalue weighted by Gasteiger charge is -2.19. The third kappa shape index (κ3) is 2.93. The Morgan fingerprint density at radius 3 is 2.68 bits per heavy atom. The number of hydrogen-bond acceptors (Lipinski definition) is 3. The molecule has 2 rings (SSSR count). The summed E-state index contributed by atoms with van der Waals surface area (Å²) in [6.07, 6.45) is 0. The molecule has 0 aliphatic carbocycles. The molecule has 102 valence electrons. The number of fused-ring (bicyclic) bond motifs is 1. The summed E-state index contributed by atoms with van der Waals surface area (Å²) < 4.78 is 20.1. The Kier molecular flexibility index (Phi) is 3.60. The Bertz CT molecular complexity index is 625. The first-order valence-electron chi connectivity index (χ1n) is 5.87. The molecule has 2 aromatic rings. The second kappa shape index (κ2) is 4.90. The number of rotatable bonds is 3. The van der Waals surface area contributed by atoms with Gasteiger partial charge in [0.05, 0.1) is 12.2 Å². The molecule has 19 heavy (non-hydrogen) atoms. The lowest BCUT2D eigenvalue weighted by Crippen LogP contribution is -2.19. The monoisotopic (exact) mass is 282 g/mol. The van der Waals surface area contributed by atoms with Crippen LogP contribution in [0.15, 0.2) is 18.2 Å². The molecular weight excluding hydrogens is 267 g/mol. The topological polar surface area (TPSA) is 46.5 Å². The van der Waals surface area contributed by atoms with E-state index in [4.69, 9.17) is 4.74 Å². The second-order valence-electron chi connectivity index (χ2n) is 5.23. The third-order valence-electron chi connectivity index (χ3n) is 2.61. The highest BCUT2D eigenvalue weighted by Crippen LogP contribution is 2.34. The van der Waals surface area contributed by atoms with Crippen molar-refractivity contribution >= 4 is 27.4 Å². The van der Waals surface area contributed by atoms with Crippen LogP contribution in [0.1, 0.15) is 36.0 Å². The highest BCUT2D eigenvalue weighted by Gasteiger charge is 2.22. The maximum atomic E-state index is 13.9. The van der Waals surface area contributed by atoms with Gasteiger partial charge in [-0.15, -0.1) is 11.3 Å². The van der Waals surface area contributed by atoms with Crippen LogP contribution < -0.4 is 0 Å². The summed E-state index contributed by atoms with van der Waals surface area (Å²) in [7, 11) is 0. The van der Waals surface area contributed by atoms with Gasteiger partial charge in [-0.1, -0.05) is 6.07 Å². The highest BCUT2D eigenvalue weighted by atomic mass is 32.1. The van der Waals surface area contributed by atoms with E-state index in [1.54, 1.807) is 12.1 Å². The van der Waals surface area contributed by atoms with Gasteiger partial charge in [0.15, 0.2) is 0 Å². The van der Waals surface area contributed by atoms with Crippen molar-refractivity contribution in [1.82, 2.24) is 0 Å². The molecule has 0 amide bonds. The van der Waals surface area contributed by atoms with Crippen LogP contribution in [-0.4, -0.2) is 16.7 Å². The maximum absolute atomic E-state index is 13.9. The number of aromatic carboxylic acids is 1. The molecule has 1 N–H and O–H groups in total. The van der Waals surface area contributed by atoms with Gasteiger partial charge < -0.3 is 9.84 Å². The molecule has 0 aliphatic rings. The molecular formula is C14H15FO3S. The zero-order valence-electron chi connectivity index (χ0n) is 11.0. The molecule has 0 atom stereocenters. The fraction of sp³-hybridized carbons (Fsp3) is 0.357. The normalized spacial score (nSPS) is 12.0. The summed E-state index contributed by atoms with van der Waals surface area (Å²) >= 11 is 1.08. The van der Waals surface area contributed by atoms with Gasteiger partial charge >= 0.3 is 5.97 Å². The van der Waals surface area contributed by atoms with Gasteiger partial charge in [-0.25, -0.2) is 9.18 Å². The summed E-state index contributed by atoms with van der Waals surface area (Å²) in [4.78, 5) is 11.4. The van der Waals surface area contributed by atoms with Gasteiger partial charge in [0.2, 0.25) is 0 Å². The van der Waals surface area contributed by atoms with E-state index in [9.17, 15) is 14.3 Å². The van der Waals surface area contributed by atoms with Crippen LogP contribution in [0.2, 0.25) is 0 Å². The Morgan fingerprint density at radius 1 is 1.42 bits per heavy atom. The predicted octanol–water partition coefficient (Wildman–Crippen LogP) is 4.05. The van der Waals surface area contributed by atoms with E-state index in [1.165, 1.54) is 6.07 Å². The summed E-state index contributed by atoms with van der Waals surface area (Å²) in [6, 6.07) is 4.63. The molecule has 3 nitrogen and oxygen atoms in total. The molecule has 1 heterocycles. The number of halogens is 1. The molecule has 0 spiro atoms. The van der Waals surface area contributed by atoms with Crippen LogP contribution in [-0.2, 0) is 11.3 Å². The summed E-state index contributed by atoms with van der Waals surface area (Å²) in [5.41, 5.74) is 0.00970. The number of carbonyl (C=O) groups is 1. The van der Waals surface area contributed by atoms with Gasteiger partial charge in [-0.2, -0.15) is 0 Å². The zero-order valence-corrected chi connectivity index (χ0v) is 11.8. The Balaban J connectivity index is 2.55. The van der Waals surface area contributed by atoms with E-state index in [-0.39, 0.29) is 11.5 Å². The molecule has 0 saturated heterocycles. The molecule has 0 aliphatic heterocycles. The van der Waals surface area contributed by atoms with Crippen LogP contribution in [0.3, 0.4) is 0 Å². The van der Waals surface area contributed by atoms with Crippen molar-refractivity contribution in [3.05, 3.63) is 34.5 Å². The number of thiophene rings is 1. The van der Waals surface area contributed by atoms with Crippen LogP contribution in [0.4, 0.5) is 4.39 Å². The minimum Gasteiger partial charge on any atom is -0.477 e. The van der Waals surface area contributed by atoms with Crippen molar-refractivity contribution < 1.29 is 19.0 Å². The molecule has 0 radical (unpaired) electrons. The van der Waals surface area contributed by atoms with E-state index >= 15 is 0 Å². The zero-order chi connectivity index (χ0) is 14.2. The number of ether oxygens (including phenoxy) is 1. The van der Waals surface area contributed by atoms with Crippen LogP contribution in [0.25, 0.3) is 10.1 Å². The first-order valence-corrected chi connectivity index (χ1v) is 6.68. The molecule has 1 aromatic heterocycles. The number of carboxylic acid groups (broad SMARTS) is 1. The van der Waals surface area contributed by atoms with Crippen LogP contribution >= 0.6 is 11.3 Å². The lowest BCUT2D eigenvalue weighted by molar-refractivity contribution is -0.0147. The Hall–Kier alpha value is -1.46. The molecule has 1 aromatic carbocycles. The minimum atomic E-state index is -1.05. The number of carboxylic acids is 1. The van der Waals surface area contributed by atoms with Crippen molar-refractivity contribution in [2.75, 3.05) is 0 Å². The third-order valence-corrected chi connectivity index (χ3v) is 3.79. The smallest absolute Gasteiger partial charge is 0.346 e. The average molecular weight is 282 g/mol. The molecule has 0 fully saturated rings. The highest BCUT2D eigenvalue weighted by molar-refractivity contribution is 7.21. The van der Waals surface area contributed by atoms with Gasteiger partial charge in [0.25, 0.3) is 0 Å². The van der Waals surface area contributed by atoms with Crippen molar-refractivity contribution in [3.8, 4) is 0 Å². The van der Waals surface area contributed by atoms with Gasteiger partial charge in [0, 0.05) is 15.6 Å². The number of benzene rings is 1. The van der Waals surface area contributed by atoms with E-state index in [0.717, 1.165) is 11.3 Å². The standard InChI is InChI=1S/C14H15FO3S/c1-14(2,3)18-7-8-11-9(15)5-4-6-10(11)19-12(8)13(16)17/h4-6H,7H2,1-3H3,(H,16,17). The number of hydrogen-bond donors (Lipinski definition) is 1. The van der Waals surface area contributed by atoms with Crippen LogP contribution in [0, 0.1) is 5.82 Å². The fourth-order valence-corrected chi connectivity index (χ4v) is 2.83. The molecule has 5 heteroatoms. The van der Waals surface area contributed by atoms with E-state index in [0.29, 0.717) is 15.6 Å². The Labute approximate surface area is 114 Å². The molecule has 0 unspecified atom stereocenters. The molecule has 0 saturated carbocycles. The van der Waals surface area contributed by atoms with Crippen molar-refractivity contribution in [2.45, 2.75) is 33.0 Å².